The standard InChI is InChI=1S/C17H30/c1-3-5-7-9-11-17-14-12-16(13-15-17)10-8-6-4-2/h5,7-8,10,16-17H,3-4,6,9,11-15H2,1-2H3/b7-5+,10-8+. The number of hydrogen-bond acceptors (Lipinski definition) is 0. The van der Waals surface area contributed by atoms with Crippen molar-refractivity contribution >= 4 is 0 Å². The van der Waals surface area contributed by atoms with Crippen molar-refractivity contribution in [1.29, 1.82) is 0 Å². The summed E-state index contributed by atoms with van der Waals surface area (Å²) in [5, 5.41) is 0. The van der Waals surface area contributed by atoms with E-state index < -0.39 is 0 Å². The third-order valence-corrected chi connectivity index (χ3v) is 3.90. The summed E-state index contributed by atoms with van der Waals surface area (Å²) in [4.78, 5) is 0. The van der Waals surface area contributed by atoms with E-state index in [0.29, 0.717) is 0 Å². The molecule has 0 bridgehead atoms. The second-order valence-corrected chi connectivity index (χ2v) is 5.45. The van der Waals surface area contributed by atoms with Gasteiger partial charge in [0.1, 0.15) is 0 Å². The van der Waals surface area contributed by atoms with Crippen LogP contribution in [0.2, 0.25) is 0 Å². The smallest absolute Gasteiger partial charge is 0.0233 e. The highest BCUT2D eigenvalue weighted by atomic mass is 14.2. The van der Waals surface area contributed by atoms with Gasteiger partial charge in [0.2, 0.25) is 0 Å². The maximum atomic E-state index is 2.48. The van der Waals surface area contributed by atoms with Gasteiger partial charge in [0.15, 0.2) is 0 Å². The fourth-order valence-corrected chi connectivity index (χ4v) is 2.74. The maximum absolute atomic E-state index is 2.48. The predicted octanol–water partition coefficient (Wildman–Crippen LogP) is 5.90. The highest BCUT2D eigenvalue weighted by Crippen LogP contribution is 2.32. The van der Waals surface area contributed by atoms with Crippen molar-refractivity contribution in [3.8, 4) is 0 Å². The minimum Gasteiger partial charge on any atom is -0.0888 e. The van der Waals surface area contributed by atoms with E-state index in [-0.39, 0.29) is 0 Å². The van der Waals surface area contributed by atoms with Gasteiger partial charge >= 0.3 is 0 Å². The summed E-state index contributed by atoms with van der Waals surface area (Å²) < 4.78 is 0. The molecule has 0 N–H and O–H groups in total. The normalized spacial score (nSPS) is 26.0. The molecular weight excluding hydrogens is 204 g/mol. The largest absolute Gasteiger partial charge is 0.0888 e. The molecule has 0 aliphatic heterocycles. The highest BCUT2D eigenvalue weighted by Gasteiger charge is 2.18. The van der Waals surface area contributed by atoms with Crippen molar-refractivity contribution in [2.75, 3.05) is 0 Å². The zero-order valence-electron chi connectivity index (χ0n) is 11.8. The average molecular weight is 234 g/mol. The number of rotatable bonds is 7. The first-order valence-corrected chi connectivity index (χ1v) is 7.68. The molecule has 0 radical (unpaired) electrons. The Morgan fingerprint density at radius 1 is 0.882 bits per heavy atom. The molecule has 1 aliphatic carbocycles. The van der Waals surface area contributed by atoms with Crippen LogP contribution in [-0.4, -0.2) is 0 Å². The molecular formula is C17H30. The van der Waals surface area contributed by atoms with E-state index in [1.165, 1.54) is 57.8 Å². The summed E-state index contributed by atoms with van der Waals surface area (Å²) in [6.07, 6.45) is 21.8. The lowest BCUT2D eigenvalue weighted by molar-refractivity contribution is 0.297. The molecule has 17 heavy (non-hydrogen) atoms. The van der Waals surface area contributed by atoms with Gasteiger partial charge in [-0.15, -0.1) is 0 Å². The van der Waals surface area contributed by atoms with Crippen molar-refractivity contribution in [2.45, 2.75) is 71.6 Å². The molecule has 0 unspecified atom stereocenters. The van der Waals surface area contributed by atoms with Crippen LogP contribution < -0.4 is 0 Å². The Hall–Kier alpha value is -0.520. The van der Waals surface area contributed by atoms with Crippen LogP contribution in [0, 0.1) is 11.8 Å². The first-order chi connectivity index (χ1) is 8.36. The minimum atomic E-state index is 0.893. The second-order valence-electron chi connectivity index (χ2n) is 5.45. The molecule has 0 spiro atoms. The number of allylic oxidation sites excluding steroid dienone is 4. The highest BCUT2D eigenvalue weighted by molar-refractivity contribution is 4.91. The minimum absolute atomic E-state index is 0.893. The molecule has 1 rings (SSSR count). The molecule has 0 atom stereocenters. The summed E-state index contributed by atoms with van der Waals surface area (Å²) in [7, 11) is 0. The Labute approximate surface area is 108 Å². The Morgan fingerprint density at radius 3 is 2.29 bits per heavy atom. The van der Waals surface area contributed by atoms with Crippen LogP contribution >= 0.6 is 0 Å². The van der Waals surface area contributed by atoms with Crippen LogP contribution in [0.1, 0.15) is 71.6 Å². The fraction of sp³-hybridized carbons (Fsp3) is 0.765. The van der Waals surface area contributed by atoms with Crippen molar-refractivity contribution in [3.63, 3.8) is 0 Å². The predicted molar refractivity (Wildman–Crippen MR) is 78.2 cm³/mol. The summed E-state index contributed by atoms with van der Waals surface area (Å²) in [6, 6.07) is 0. The van der Waals surface area contributed by atoms with Gasteiger partial charge < -0.3 is 0 Å². The summed E-state index contributed by atoms with van der Waals surface area (Å²) in [5.74, 6) is 1.90. The lowest BCUT2D eigenvalue weighted by atomic mass is 9.80. The lowest BCUT2D eigenvalue weighted by Gasteiger charge is -2.26. The Kier molecular flexibility index (Phi) is 8.13. The molecule has 0 saturated heterocycles. The second kappa shape index (κ2) is 9.50. The van der Waals surface area contributed by atoms with E-state index in [0.717, 1.165) is 11.8 Å². The maximum Gasteiger partial charge on any atom is -0.0233 e. The van der Waals surface area contributed by atoms with Crippen LogP contribution in [0.5, 0.6) is 0 Å². The quantitative estimate of drug-likeness (QED) is 0.481. The van der Waals surface area contributed by atoms with Gasteiger partial charge in [-0.05, 0) is 63.2 Å². The molecule has 0 heterocycles. The van der Waals surface area contributed by atoms with E-state index in [9.17, 15) is 0 Å². The molecule has 98 valence electrons. The summed E-state index contributed by atoms with van der Waals surface area (Å²) in [6.45, 7) is 4.47. The van der Waals surface area contributed by atoms with E-state index in [4.69, 9.17) is 0 Å². The van der Waals surface area contributed by atoms with E-state index >= 15 is 0 Å². The van der Waals surface area contributed by atoms with Crippen molar-refractivity contribution < 1.29 is 0 Å². The third-order valence-electron chi connectivity index (χ3n) is 3.90. The van der Waals surface area contributed by atoms with Crippen LogP contribution in [0.3, 0.4) is 0 Å². The van der Waals surface area contributed by atoms with Gasteiger partial charge in [-0.2, -0.15) is 0 Å². The molecule has 1 aliphatic rings. The topological polar surface area (TPSA) is 0 Å². The van der Waals surface area contributed by atoms with Gasteiger partial charge in [-0.3, -0.25) is 0 Å². The molecule has 0 aromatic rings. The molecule has 0 amide bonds. The Bertz CT molecular complexity index is 216. The Balaban J connectivity index is 2.10. The van der Waals surface area contributed by atoms with E-state index in [1.807, 2.05) is 0 Å². The molecule has 0 aromatic carbocycles. The first kappa shape index (κ1) is 14.5. The zero-order chi connectivity index (χ0) is 12.3. The first-order valence-electron chi connectivity index (χ1n) is 7.68. The van der Waals surface area contributed by atoms with E-state index in [2.05, 4.69) is 38.2 Å². The van der Waals surface area contributed by atoms with Crippen LogP contribution in [0.15, 0.2) is 24.3 Å². The van der Waals surface area contributed by atoms with Crippen LogP contribution in [0.4, 0.5) is 0 Å². The van der Waals surface area contributed by atoms with Crippen molar-refractivity contribution in [3.05, 3.63) is 24.3 Å². The van der Waals surface area contributed by atoms with Gasteiger partial charge in [0.25, 0.3) is 0 Å². The zero-order valence-corrected chi connectivity index (χ0v) is 11.8. The average Bonchev–Trinajstić information content (AvgIpc) is 2.37. The summed E-state index contributed by atoms with van der Waals surface area (Å²) in [5.41, 5.74) is 0. The van der Waals surface area contributed by atoms with Gasteiger partial charge in [-0.1, -0.05) is 44.6 Å². The van der Waals surface area contributed by atoms with Gasteiger partial charge in [-0.25, -0.2) is 0 Å². The van der Waals surface area contributed by atoms with Gasteiger partial charge in [0.05, 0.1) is 0 Å². The molecule has 0 nitrogen and oxygen atoms in total. The van der Waals surface area contributed by atoms with Crippen molar-refractivity contribution in [1.82, 2.24) is 0 Å². The number of unbranched alkanes of at least 4 members (excludes halogenated alkanes) is 1. The molecule has 1 saturated carbocycles. The summed E-state index contributed by atoms with van der Waals surface area (Å²) >= 11 is 0. The fourth-order valence-electron chi connectivity index (χ4n) is 2.74. The van der Waals surface area contributed by atoms with E-state index in [1.54, 1.807) is 0 Å². The number of hydrogen-bond donors (Lipinski definition) is 0. The Morgan fingerprint density at radius 2 is 1.65 bits per heavy atom. The third kappa shape index (κ3) is 6.71. The van der Waals surface area contributed by atoms with Crippen molar-refractivity contribution in [2.24, 2.45) is 11.8 Å². The molecule has 0 aromatic heterocycles. The molecule has 0 heteroatoms. The monoisotopic (exact) mass is 234 g/mol. The van der Waals surface area contributed by atoms with Gasteiger partial charge in [0, 0.05) is 0 Å². The van der Waals surface area contributed by atoms with Crippen LogP contribution in [-0.2, 0) is 0 Å². The molecule has 1 fully saturated rings. The van der Waals surface area contributed by atoms with Crippen LogP contribution in [0.25, 0.3) is 0 Å². The lowest BCUT2D eigenvalue weighted by Crippen LogP contribution is -2.12. The SMILES string of the molecule is CC/C=C/CCC1CCC(/C=C/CCC)CC1.